The number of hydrogen-bond acceptors (Lipinski definition) is 5. The summed E-state index contributed by atoms with van der Waals surface area (Å²) >= 11 is 0. The largest absolute Gasteiger partial charge is 0.496 e. The van der Waals surface area contributed by atoms with Crippen LogP contribution in [0.5, 0.6) is 5.75 Å². The Kier molecular flexibility index (Phi) is 5.23. The molecule has 1 atom stereocenters. The summed E-state index contributed by atoms with van der Waals surface area (Å²) in [5.74, 6) is -1.66. The predicted octanol–water partition coefficient (Wildman–Crippen LogP) is 1.54. The minimum atomic E-state index is -1.12. The SMILES string of the molecule is CCC(C(=O)O)N(C)C(=O)c1ccc([N+](=O)[O-])cc1OC. The molecule has 0 aliphatic rings. The third-order valence-corrected chi connectivity index (χ3v) is 3.09. The second-order valence-electron chi connectivity index (χ2n) is 4.32. The number of rotatable bonds is 6. The van der Waals surface area contributed by atoms with Crippen LogP contribution in [0.1, 0.15) is 23.7 Å². The van der Waals surface area contributed by atoms with Crippen LogP contribution in [-0.4, -0.2) is 47.0 Å². The van der Waals surface area contributed by atoms with E-state index in [0.29, 0.717) is 0 Å². The monoisotopic (exact) mass is 296 g/mol. The molecule has 1 N–H and O–H groups in total. The number of carbonyl (C=O) groups is 2. The highest BCUT2D eigenvalue weighted by atomic mass is 16.6. The fraction of sp³-hybridized carbons (Fsp3) is 0.385. The highest BCUT2D eigenvalue weighted by molar-refractivity contribution is 5.99. The maximum absolute atomic E-state index is 12.3. The van der Waals surface area contributed by atoms with E-state index in [0.717, 1.165) is 11.0 Å². The third-order valence-electron chi connectivity index (χ3n) is 3.09. The highest BCUT2D eigenvalue weighted by Gasteiger charge is 2.28. The van der Waals surface area contributed by atoms with Gasteiger partial charge < -0.3 is 14.7 Å². The standard InChI is InChI=1S/C13H16N2O6/c1-4-10(13(17)18)14(2)12(16)9-6-5-8(15(19)20)7-11(9)21-3/h5-7,10H,4H2,1-3H3,(H,17,18). The van der Waals surface area contributed by atoms with Gasteiger partial charge in [-0.25, -0.2) is 4.79 Å². The molecule has 0 aliphatic heterocycles. The summed E-state index contributed by atoms with van der Waals surface area (Å²) < 4.78 is 4.98. The Hall–Kier alpha value is -2.64. The minimum Gasteiger partial charge on any atom is -0.496 e. The Bertz CT molecular complexity index is 572. The Morgan fingerprint density at radius 3 is 2.52 bits per heavy atom. The second-order valence-corrected chi connectivity index (χ2v) is 4.32. The number of nitro groups is 1. The van der Waals surface area contributed by atoms with E-state index < -0.39 is 22.8 Å². The van der Waals surface area contributed by atoms with Gasteiger partial charge in [-0.15, -0.1) is 0 Å². The number of aliphatic carboxylic acids is 1. The van der Waals surface area contributed by atoms with Crippen LogP contribution < -0.4 is 4.74 Å². The van der Waals surface area contributed by atoms with Crippen molar-refractivity contribution in [2.45, 2.75) is 19.4 Å². The summed E-state index contributed by atoms with van der Waals surface area (Å²) in [7, 11) is 2.65. The summed E-state index contributed by atoms with van der Waals surface area (Å²) in [6, 6.07) is 2.58. The first-order valence-corrected chi connectivity index (χ1v) is 6.15. The smallest absolute Gasteiger partial charge is 0.326 e. The first kappa shape index (κ1) is 16.4. The maximum Gasteiger partial charge on any atom is 0.326 e. The highest BCUT2D eigenvalue weighted by Crippen LogP contribution is 2.26. The lowest BCUT2D eigenvalue weighted by atomic mass is 10.1. The van der Waals surface area contributed by atoms with Gasteiger partial charge in [0.15, 0.2) is 0 Å². The molecule has 0 aliphatic carbocycles. The van der Waals surface area contributed by atoms with E-state index in [-0.39, 0.29) is 23.4 Å². The summed E-state index contributed by atoms with van der Waals surface area (Å²) in [5, 5.41) is 19.8. The van der Waals surface area contributed by atoms with Crippen molar-refractivity contribution in [3.8, 4) is 5.75 Å². The molecule has 114 valence electrons. The first-order chi connectivity index (χ1) is 9.83. The quantitative estimate of drug-likeness (QED) is 0.629. The zero-order valence-electron chi connectivity index (χ0n) is 11.9. The maximum atomic E-state index is 12.3. The fourth-order valence-corrected chi connectivity index (χ4v) is 1.92. The van der Waals surface area contributed by atoms with Gasteiger partial charge in [-0.2, -0.15) is 0 Å². The molecule has 0 spiro atoms. The van der Waals surface area contributed by atoms with Crippen LogP contribution in [0.2, 0.25) is 0 Å². The van der Waals surface area contributed by atoms with Crippen LogP contribution in [0.4, 0.5) is 5.69 Å². The molecule has 21 heavy (non-hydrogen) atoms. The number of likely N-dealkylation sites (N-methyl/N-ethyl adjacent to an activating group) is 1. The van der Waals surface area contributed by atoms with Gasteiger partial charge in [-0.1, -0.05) is 6.92 Å². The number of amides is 1. The molecule has 0 fully saturated rings. The topological polar surface area (TPSA) is 110 Å². The predicted molar refractivity (Wildman–Crippen MR) is 73.5 cm³/mol. The molecule has 0 heterocycles. The number of non-ortho nitro benzene ring substituents is 1. The zero-order chi connectivity index (χ0) is 16.2. The van der Waals surface area contributed by atoms with E-state index in [9.17, 15) is 19.7 Å². The second kappa shape index (κ2) is 6.69. The Morgan fingerprint density at radius 2 is 2.10 bits per heavy atom. The number of nitrogens with zero attached hydrogens (tertiary/aromatic N) is 2. The van der Waals surface area contributed by atoms with Gasteiger partial charge in [-0.3, -0.25) is 14.9 Å². The van der Waals surface area contributed by atoms with Gasteiger partial charge in [0.25, 0.3) is 11.6 Å². The van der Waals surface area contributed by atoms with E-state index in [2.05, 4.69) is 0 Å². The lowest BCUT2D eigenvalue weighted by Gasteiger charge is -2.24. The molecule has 1 rings (SSSR count). The van der Waals surface area contributed by atoms with Crippen LogP contribution >= 0.6 is 0 Å². The molecular weight excluding hydrogens is 280 g/mol. The van der Waals surface area contributed by atoms with Crippen molar-refractivity contribution in [2.75, 3.05) is 14.2 Å². The lowest BCUT2D eigenvalue weighted by molar-refractivity contribution is -0.384. The van der Waals surface area contributed by atoms with E-state index in [4.69, 9.17) is 9.84 Å². The van der Waals surface area contributed by atoms with Crippen LogP contribution in [0.25, 0.3) is 0 Å². The molecule has 8 heteroatoms. The number of carboxylic acids is 1. The van der Waals surface area contributed by atoms with Crippen molar-refractivity contribution >= 4 is 17.6 Å². The Labute approximate surface area is 121 Å². The number of methoxy groups -OCH3 is 1. The van der Waals surface area contributed by atoms with Gasteiger partial charge in [0, 0.05) is 13.1 Å². The van der Waals surface area contributed by atoms with Gasteiger partial charge in [0.1, 0.15) is 11.8 Å². The van der Waals surface area contributed by atoms with Crippen LogP contribution in [0, 0.1) is 10.1 Å². The van der Waals surface area contributed by atoms with Gasteiger partial charge in [-0.05, 0) is 12.5 Å². The zero-order valence-corrected chi connectivity index (χ0v) is 11.9. The molecule has 0 aromatic heterocycles. The number of carbonyl (C=O) groups excluding carboxylic acids is 1. The average molecular weight is 296 g/mol. The summed E-state index contributed by atoms with van der Waals surface area (Å²) in [4.78, 5) is 34.6. The van der Waals surface area contributed by atoms with E-state index in [1.54, 1.807) is 6.92 Å². The molecular formula is C13H16N2O6. The molecule has 0 radical (unpaired) electrons. The summed E-state index contributed by atoms with van der Waals surface area (Å²) in [6.45, 7) is 1.65. The van der Waals surface area contributed by atoms with Gasteiger partial charge in [0.2, 0.25) is 0 Å². The number of ether oxygens (including phenoxy) is 1. The van der Waals surface area contributed by atoms with Gasteiger partial charge in [0.05, 0.1) is 23.7 Å². The number of nitro benzene ring substituents is 1. The van der Waals surface area contributed by atoms with Crippen LogP contribution in [0.15, 0.2) is 18.2 Å². The number of hydrogen-bond donors (Lipinski definition) is 1. The molecule has 0 saturated heterocycles. The normalized spacial score (nSPS) is 11.6. The van der Waals surface area contributed by atoms with Crippen LogP contribution in [-0.2, 0) is 4.79 Å². The molecule has 0 bridgehead atoms. The molecule has 1 aromatic carbocycles. The Morgan fingerprint density at radius 1 is 1.48 bits per heavy atom. The molecule has 8 nitrogen and oxygen atoms in total. The molecule has 1 aromatic rings. The van der Waals surface area contributed by atoms with Crippen molar-refractivity contribution < 1.29 is 24.4 Å². The van der Waals surface area contributed by atoms with Crippen LogP contribution in [0.3, 0.4) is 0 Å². The summed E-state index contributed by atoms with van der Waals surface area (Å²) in [6.07, 6.45) is 0.243. The minimum absolute atomic E-state index is 0.0290. The number of carboxylic acid groups (broad SMARTS) is 1. The third kappa shape index (κ3) is 3.47. The van der Waals surface area contributed by atoms with Crippen molar-refractivity contribution in [1.29, 1.82) is 0 Å². The molecule has 1 unspecified atom stereocenters. The van der Waals surface area contributed by atoms with Crippen molar-refractivity contribution in [2.24, 2.45) is 0 Å². The molecule has 1 amide bonds. The number of benzene rings is 1. The first-order valence-electron chi connectivity index (χ1n) is 6.15. The van der Waals surface area contributed by atoms with Crippen molar-refractivity contribution in [1.82, 2.24) is 4.90 Å². The fourth-order valence-electron chi connectivity index (χ4n) is 1.92. The lowest BCUT2D eigenvalue weighted by Crippen LogP contribution is -2.42. The van der Waals surface area contributed by atoms with Crippen molar-refractivity contribution in [3.63, 3.8) is 0 Å². The van der Waals surface area contributed by atoms with E-state index in [1.807, 2.05) is 0 Å². The summed E-state index contributed by atoms with van der Waals surface area (Å²) in [5.41, 5.74) is -0.137. The molecule has 0 saturated carbocycles. The Balaban J connectivity index is 3.17. The average Bonchev–Trinajstić information content (AvgIpc) is 2.45. The van der Waals surface area contributed by atoms with Gasteiger partial charge >= 0.3 is 5.97 Å². The van der Waals surface area contributed by atoms with E-state index in [1.165, 1.54) is 26.3 Å². The van der Waals surface area contributed by atoms with E-state index >= 15 is 0 Å². The van der Waals surface area contributed by atoms with Crippen molar-refractivity contribution in [3.05, 3.63) is 33.9 Å².